The van der Waals surface area contributed by atoms with Gasteiger partial charge in [-0.3, -0.25) is 5.43 Å². The molecule has 0 aromatic heterocycles. The molecule has 11 nitrogen and oxygen atoms in total. The molecule has 13 heteroatoms. The third-order valence-corrected chi connectivity index (χ3v) is 5.90. The van der Waals surface area contributed by atoms with E-state index in [1.54, 1.807) is 44.2 Å². The van der Waals surface area contributed by atoms with Crippen molar-refractivity contribution in [3.05, 3.63) is 62.2 Å². The number of carbonyl (C=O) groups is 2. The number of rotatable bonds is 10. The molecule has 0 fully saturated rings. The van der Waals surface area contributed by atoms with Gasteiger partial charge in [0.25, 0.3) is 0 Å². The van der Waals surface area contributed by atoms with Crippen molar-refractivity contribution in [2.75, 3.05) is 20.3 Å². The predicted octanol–water partition coefficient (Wildman–Crippen LogP) is 3.33. The van der Waals surface area contributed by atoms with Gasteiger partial charge in [0.1, 0.15) is 12.4 Å². The summed E-state index contributed by atoms with van der Waals surface area (Å²) in [6.45, 7) is 3.53. The van der Waals surface area contributed by atoms with E-state index < -0.39 is 24.3 Å². The van der Waals surface area contributed by atoms with Crippen LogP contribution < -0.4 is 25.5 Å². The minimum absolute atomic E-state index is 0.145. The predicted molar refractivity (Wildman–Crippen MR) is 140 cm³/mol. The zero-order valence-electron chi connectivity index (χ0n) is 20.2. The molecule has 0 radical (unpaired) electrons. The summed E-state index contributed by atoms with van der Waals surface area (Å²) in [5.74, 6) is -0.0547. The number of halogens is 2. The zero-order chi connectivity index (χ0) is 27.1. The summed E-state index contributed by atoms with van der Waals surface area (Å²) in [5.41, 5.74) is 4.05. The molecule has 0 saturated heterocycles. The maximum Gasteiger partial charge on any atom is 0.337 e. The van der Waals surface area contributed by atoms with Gasteiger partial charge in [-0.15, -0.1) is 0 Å². The maximum absolute atomic E-state index is 12.4. The van der Waals surface area contributed by atoms with Gasteiger partial charge in [-0.25, -0.2) is 9.59 Å². The third kappa shape index (κ3) is 7.06. The van der Waals surface area contributed by atoms with Crippen LogP contribution >= 0.6 is 27.5 Å². The molecule has 2 aromatic carbocycles. The summed E-state index contributed by atoms with van der Waals surface area (Å²) in [7, 11) is 1.26. The normalized spacial score (nSPS) is 16.2. The molecule has 0 saturated carbocycles. The van der Waals surface area contributed by atoms with Crippen LogP contribution in [0.1, 0.15) is 31.0 Å². The number of hydrazone groups is 1. The van der Waals surface area contributed by atoms with Gasteiger partial charge in [0, 0.05) is 15.7 Å². The lowest BCUT2D eigenvalue weighted by Gasteiger charge is -2.28. The van der Waals surface area contributed by atoms with E-state index in [4.69, 9.17) is 25.8 Å². The lowest BCUT2D eigenvalue weighted by Crippen LogP contribution is -2.45. The fraction of sp³-hybridized carbons (Fsp3) is 0.292. The number of ether oxygens (including phenoxy) is 3. The number of phenolic OH excluding ortho intramolecular Hbond substituents is 1. The van der Waals surface area contributed by atoms with Crippen molar-refractivity contribution >= 4 is 45.7 Å². The number of carbonyl (C=O) groups excluding carboxylic acids is 2. The van der Waals surface area contributed by atoms with Gasteiger partial charge in [0.2, 0.25) is 0 Å². The molecular weight excluding hydrogens is 572 g/mol. The number of urea groups is 1. The number of nitrogens with zero attached hydrogens (tertiary/aromatic N) is 1. The molecule has 0 aliphatic carbocycles. The van der Waals surface area contributed by atoms with Crippen molar-refractivity contribution in [2.24, 2.45) is 5.10 Å². The van der Waals surface area contributed by atoms with Gasteiger partial charge < -0.3 is 35.1 Å². The van der Waals surface area contributed by atoms with Crippen molar-refractivity contribution in [1.82, 2.24) is 16.1 Å². The average Bonchev–Trinajstić information content (AvgIpc) is 2.85. The number of hydrogen-bond acceptors (Lipinski definition) is 9. The molecule has 3 rings (SSSR count). The first kappa shape index (κ1) is 28.1. The molecule has 0 unspecified atom stereocenters. The van der Waals surface area contributed by atoms with Crippen molar-refractivity contribution < 1.29 is 34.0 Å². The number of allylic oxidation sites excluding steroid dienone is 1. The van der Waals surface area contributed by atoms with Crippen molar-refractivity contribution in [3.63, 3.8) is 0 Å². The first-order valence-electron chi connectivity index (χ1n) is 11.0. The summed E-state index contributed by atoms with van der Waals surface area (Å²) in [6, 6.07) is 6.85. The Labute approximate surface area is 226 Å². The monoisotopic (exact) mass is 596 g/mol. The topological polar surface area (TPSA) is 151 Å². The number of methoxy groups -OCH3 is 1. The number of hydrogen-bond donors (Lipinski definition) is 5. The first-order valence-corrected chi connectivity index (χ1v) is 12.2. The van der Waals surface area contributed by atoms with E-state index in [-0.39, 0.29) is 23.0 Å². The second-order valence-electron chi connectivity index (χ2n) is 7.74. The number of esters is 1. The summed E-state index contributed by atoms with van der Waals surface area (Å²) in [5, 5.41) is 29.6. The first-order chi connectivity index (χ1) is 17.6. The summed E-state index contributed by atoms with van der Waals surface area (Å²) in [6.07, 6.45) is 0.104. The lowest BCUT2D eigenvalue weighted by atomic mass is 9.95. The van der Waals surface area contributed by atoms with E-state index in [1.807, 2.05) is 0 Å². The second-order valence-corrected chi connectivity index (χ2v) is 9.06. The average molecular weight is 598 g/mol. The molecule has 37 heavy (non-hydrogen) atoms. The number of amides is 2. The molecule has 1 aliphatic heterocycles. The van der Waals surface area contributed by atoms with Crippen LogP contribution in [0.15, 0.2) is 51.2 Å². The highest BCUT2D eigenvalue weighted by atomic mass is 79.9. The van der Waals surface area contributed by atoms with Crippen LogP contribution in [0.4, 0.5) is 4.79 Å². The van der Waals surface area contributed by atoms with Crippen molar-refractivity contribution in [3.8, 4) is 17.2 Å². The molecule has 0 bridgehead atoms. The highest BCUT2D eigenvalue weighted by Crippen LogP contribution is 2.35. The fourth-order valence-corrected chi connectivity index (χ4v) is 4.33. The van der Waals surface area contributed by atoms with Gasteiger partial charge in [0.05, 0.1) is 36.6 Å². The standard InChI is InChI=1S/C24H26BrClN4O7/c1-4-36-18-8-13(21-20(23(33)35-3)12(2)28-24(34)29-21)5-6-17(18)37-11-19(31)30-27-10-14-7-15(25)9-16(26)22(14)32/h5-10,19,21,30-32H,4,11H2,1-3H3,(H2,28,29,34)/b27-10+/t19-,21+/m1/s1. The maximum atomic E-state index is 12.4. The molecular formula is C24H26BrClN4O7. The van der Waals surface area contributed by atoms with Gasteiger partial charge >= 0.3 is 12.0 Å². The van der Waals surface area contributed by atoms with Crippen LogP contribution in [0.3, 0.4) is 0 Å². The Morgan fingerprint density at radius 1 is 1.30 bits per heavy atom. The van der Waals surface area contributed by atoms with E-state index >= 15 is 0 Å². The van der Waals surface area contributed by atoms with Gasteiger partial charge in [-0.2, -0.15) is 5.10 Å². The van der Waals surface area contributed by atoms with Gasteiger partial charge in [-0.05, 0) is 43.7 Å². The summed E-state index contributed by atoms with van der Waals surface area (Å²) < 4.78 is 16.9. The van der Waals surface area contributed by atoms with E-state index in [0.717, 1.165) is 0 Å². The number of aromatic hydroxyl groups is 1. The molecule has 2 atom stereocenters. The lowest BCUT2D eigenvalue weighted by molar-refractivity contribution is -0.136. The fourth-order valence-electron chi connectivity index (χ4n) is 3.50. The Bertz CT molecular complexity index is 1240. The quantitative estimate of drug-likeness (QED) is 0.121. The zero-order valence-corrected chi connectivity index (χ0v) is 22.5. The largest absolute Gasteiger partial charge is 0.506 e. The molecule has 0 spiro atoms. The van der Waals surface area contributed by atoms with Crippen molar-refractivity contribution in [2.45, 2.75) is 26.1 Å². The SMILES string of the molecule is CCOc1cc([C@@H]2NC(=O)NC(C)=C2C(=O)OC)ccc1OC[C@@H](O)N/N=C/c1cc(Br)cc(Cl)c1O. The Hall–Kier alpha value is -3.48. The van der Waals surface area contributed by atoms with Gasteiger partial charge in [-0.1, -0.05) is 33.6 Å². The second kappa shape index (κ2) is 12.7. The Morgan fingerprint density at radius 3 is 2.76 bits per heavy atom. The number of aliphatic hydroxyl groups excluding tert-OH is 1. The number of aliphatic hydroxyl groups is 1. The Morgan fingerprint density at radius 2 is 2.05 bits per heavy atom. The van der Waals surface area contributed by atoms with E-state index in [0.29, 0.717) is 39.4 Å². The summed E-state index contributed by atoms with van der Waals surface area (Å²) in [4.78, 5) is 24.4. The molecule has 1 heterocycles. The number of phenols is 1. The van der Waals surface area contributed by atoms with Crippen LogP contribution in [0.5, 0.6) is 17.2 Å². The highest BCUT2D eigenvalue weighted by Gasteiger charge is 2.32. The third-order valence-electron chi connectivity index (χ3n) is 5.16. The van der Waals surface area contributed by atoms with Crippen LogP contribution in [0.2, 0.25) is 5.02 Å². The highest BCUT2D eigenvalue weighted by molar-refractivity contribution is 9.10. The molecule has 2 amide bonds. The molecule has 1 aliphatic rings. The van der Waals surface area contributed by atoms with Crippen LogP contribution in [0.25, 0.3) is 0 Å². The van der Waals surface area contributed by atoms with E-state index in [2.05, 4.69) is 37.1 Å². The number of nitrogens with one attached hydrogen (secondary N) is 3. The van der Waals surface area contributed by atoms with Crippen LogP contribution in [0, 0.1) is 0 Å². The Balaban J connectivity index is 1.72. The Kier molecular flexibility index (Phi) is 9.61. The van der Waals surface area contributed by atoms with Crippen LogP contribution in [-0.4, -0.2) is 55.0 Å². The molecule has 2 aromatic rings. The number of benzene rings is 2. The smallest absolute Gasteiger partial charge is 0.337 e. The van der Waals surface area contributed by atoms with E-state index in [9.17, 15) is 19.8 Å². The molecule has 5 N–H and O–H groups in total. The minimum Gasteiger partial charge on any atom is -0.506 e. The van der Waals surface area contributed by atoms with Crippen LogP contribution in [-0.2, 0) is 9.53 Å². The molecule has 198 valence electrons. The summed E-state index contributed by atoms with van der Waals surface area (Å²) >= 11 is 9.21. The van der Waals surface area contributed by atoms with E-state index in [1.165, 1.54) is 13.3 Å². The van der Waals surface area contributed by atoms with Gasteiger partial charge in [0.15, 0.2) is 17.7 Å². The minimum atomic E-state index is -1.20. The van der Waals surface area contributed by atoms with Crippen molar-refractivity contribution in [1.29, 1.82) is 0 Å².